The number of ether oxygens (including phenoxy) is 4. The summed E-state index contributed by atoms with van der Waals surface area (Å²) in [6, 6.07) is 4.93. The first-order valence-corrected chi connectivity index (χ1v) is 9.74. The highest BCUT2D eigenvalue weighted by Crippen LogP contribution is 2.48. The van der Waals surface area contributed by atoms with E-state index in [-0.39, 0.29) is 25.3 Å². The number of esters is 2. The predicted molar refractivity (Wildman–Crippen MR) is 107 cm³/mol. The number of nitrogens with zero attached hydrogens (tertiary/aromatic N) is 1. The lowest BCUT2D eigenvalue weighted by atomic mass is 9.61. The predicted octanol–water partition coefficient (Wildman–Crippen LogP) is 2.13. The molecule has 0 bridgehead atoms. The highest BCUT2D eigenvalue weighted by Gasteiger charge is 2.56. The van der Waals surface area contributed by atoms with Gasteiger partial charge in [0.25, 0.3) is 0 Å². The van der Waals surface area contributed by atoms with Gasteiger partial charge in [-0.15, -0.1) is 0 Å². The largest absolute Gasteiger partial charge is 0.493 e. The van der Waals surface area contributed by atoms with Crippen molar-refractivity contribution in [2.45, 2.75) is 38.7 Å². The minimum absolute atomic E-state index is 0.0267. The summed E-state index contributed by atoms with van der Waals surface area (Å²) in [7, 11) is 2.95. The van der Waals surface area contributed by atoms with Gasteiger partial charge in [0.1, 0.15) is 5.92 Å². The Morgan fingerprint density at radius 3 is 2.23 bits per heavy atom. The molecule has 0 radical (unpaired) electrons. The van der Waals surface area contributed by atoms with E-state index in [1.165, 1.54) is 21.1 Å². The number of methoxy groups -OCH3 is 2. The Hall–Kier alpha value is -2.81. The van der Waals surface area contributed by atoms with Crippen molar-refractivity contribution in [3.8, 4) is 11.5 Å². The molecule has 0 spiro atoms. The standard InChI is InChI=1S/C21H29NO8/c1-6-29-19(23)17-13(22-26)11-21(3,25)18(20(24)30-7-2)16(17)12-8-9-14(27-4)15(10-12)28-5/h8-10,16-18,25-26H,6-7,11H2,1-5H3/b22-13+/t16-,17-,18+,21-/m1/s1. The highest BCUT2D eigenvalue weighted by molar-refractivity contribution is 6.05. The minimum atomic E-state index is -1.63. The zero-order valence-corrected chi connectivity index (χ0v) is 17.9. The fraction of sp³-hybridized carbons (Fsp3) is 0.571. The molecule has 1 fully saturated rings. The normalized spacial score (nSPS) is 27.4. The number of hydrogen-bond donors (Lipinski definition) is 2. The van der Waals surface area contributed by atoms with Gasteiger partial charge in [0.05, 0.1) is 44.7 Å². The molecule has 4 atom stereocenters. The number of oxime groups is 1. The number of carbonyl (C=O) groups excluding carboxylic acids is 2. The Bertz CT molecular complexity index is 804. The Morgan fingerprint density at radius 2 is 1.70 bits per heavy atom. The Morgan fingerprint density at radius 1 is 1.10 bits per heavy atom. The van der Waals surface area contributed by atoms with E-state index in [4.69, 9.17) is 18.9 Å². The second-order valence-electron chi connectivity index (χ2n) is 7.22. The molecule has 1 saturated carbocycles. The first-order valence-electron chi connectivity index (χ1n) is 9.74. The second-order valence-corrected chi connectivity index (χ2v) is 7.22. The monoisotopic (exact) mass is 423 g/mol. The number of aliphatic hydroxyl groups is 1. The van der Waals surface area contributed by atoms with Crippen molar-refractivity contribution in [1.82, 2.24) is 0 Å². The number of benzene rings is 1. The van der Waals surface area contributed by atoms with Gasteiger partial charge in [-0.1, -0.05) is 11.2 Å². The fourth-order valence-electron chi connectivity index (χ4n) is 4.06. The average molecular weight is 423 g/mol. The van der Waals surface area contributed by atoms with Gasteiger partial charge in [0.2, 0.25) is 0 Å². The van der Waals surface area contributed by atoms with Gasteiger partial charge in [-0.2, -0.15) is 0 Å². The summed E-state index contributed by atoms with van der Waals surface area (Å²) in [5.41, 5.74) is -1.10. The number of hydrogen-bond acceptors (Lipinski definition) is 9. The quantitative estimate of drug-likeness (QED) is 0.388. The van der Waals surface area contributed by atoms with Gasteiger partial charge in [-0.3, -0.25) is 9.59 Å². The van der Waals surface area contributed by atoms with Crippen LogP contribution in [0.25, 0.3) is 0 Å². The van der Waals surface area contributed by atoms with Crippen LogP contribution in [0.3, 0.4) is 0 Å². The third kappa shape index (κ3) is 4.51. The van der Waals surface area contributed by atoms with Crippen LogP contribution in [-0.2, 0) is 19.1 Å². The van der Waals surface area contributed by atoms with Crippen LogP contribution in [0.4, 0.5) is 0 Å². The van der Waals surface area contributed by atoms with Crippen LogP contribution in [0.1, 0.15) is 38.7 Å². The molecule has 9 heteroatoms. The lowest BCUT2D eigenvalue weighted by molar-refractivity contribution is -0.163. The van der Waals surface area contributed by atoms with Crippen molar-refractivity contribution in [2.75, 3.05) is 27.4 Å². The van der Waals surface area contributed by atoms with Crippen molar-refractivity contribution in [3.05, 3.63) is 23.8 Å². The smallest absolute Gasteiger partial charge is 0.315 e. The molecule has 2 N–H and O–H groups in total. The van der Waals surface area contributed by atoms with Gasteiger partial charge in [-0.25, -0.2) is 0 Å². The van der Waals surface area contributed by atoms with Gasteiger partial charge in [-0.05, 0) is 38.5 Å². The molecular weight excluding hydrogens is 394 g/mol. The molecule has 166 valence electrons. The zero-order valence-electron chi connectivity index (χ0n) is 17.9. The molecular formula is C21H29NO8. The van der Waals surface area contributed by atoms with E-state index in [0.717, 1.165) is 0 Å². The highest BCUT2D eigenvalue weighted by atomic mass is 16.5. The molecule has 0 aliphatic heterocycles. The van der Waals surface area contributed by atoms with E-state index in [2.05, 4.69) is 5.16 Å². The van der Waals surface area contributed by atoms with Gasteiger partial charge < -0.3 is 29.3 Å². The fourth-order valence-corrected chi connectivity index (χ4v) is 4.06. The molecule has 0 heterocycles. The Balaban J connectivity index is 2.73. The summed E-state index contributed by atoms with van der Waals surface area (Å²) < 4.78 is 21.0. The molecule has 1 aliphatic rings. The molecule has 0 aromatic heterocycles. The van der Waals surface area contributed by atoms with E-state index >= 15 is 0 Å². The minimum Gasteiger partial charge on any atom is -0.493 e. The lowest BCUT2D eigenvalue weighted by Gasteiger charge is -2.44. The summed E-state index contributed by atoms with van der Waals surface area (Å²) in [6.45, 7) is 4.97. The molecule has 1 aromatic rings. The van der Waals surface area contributed by atoms with Crippen LogP contribution in [0.15, 0.2) is 23.4 Å². The van der Waals surface area contributed by atoms with Crippen molar-refractivity contribution >= 4 is 17.7 Å². The number of rotatable bonds is 7. The van der Waals surface area contributed by atoms with Crippen molar-refractivity contribution < 1.29 is 38.9 Å². The summed E-state index contributed by atoms with van der Waals surface area (Å²) in [5, 5.41) is 24.0. The number of carbonyl (C=O) groups is 2. The van der Waals surface area contributed by atoms with Gasteiger partial charge >= 0.3 is 11.9 Å². The lowest BCUT2D eigenvalue weighted by Crippen LogP contribution is -2.55. The van der Waals surface area contributed by atoms with E-state index in [1.807, 2.05) is 0 Å². The van der Waals surface area contributed by atoms with Crippen molar-refractivity contribution in [2.24, 2.45) is 17.0 Å². The van der Waals surface area contributed by atoms with Gasteiger partial charge in [0, 0.05) is 12.3 Å². The molecule has 0 unspecified atom stereocenters. The maximum Gasteiger partial charge on any atom is 0.315 e. The molecule has 0 amide bonds. The van der Waals surface area contributed by atoms with Gasteiger partial charge in [0.15, 0.2) is 11.5 Å². The van der Waals surface area contributed by atoms with E-state index in [9.17, 15) is 19.9 Å². The van der Waals surface area contributed by atoms with Crippen LogP contribution < -0.4 is 9.47 Å². The topological polar surface area (TPSA) is 124 Å². The first kappa shape index (κ1) is 23.5. The summed E-state index contributed by atoms with van der Waals surface area (Å²) in [6.07, 6.45) is -0.194. The first-order chi connectivity index (χ1) is 14.2. The van der Waals surface area contributed by atoms with Crippen LogP contribution in [0, 0.1) is 11.8 Å². The SMILES string of the molecule is CCOC(=O)[C@@H]1/C(=N/O)C[C@@](C)(O)[C@H](C(=O)OCC)[C@@H]1c1ccc(OC)c(OC)c1. The summed E-state index contributed by atoms with van der Waals surface area (Å²) >= 11 is 0. The average Bonchev–Trinajstić information content (AvgIpc) is 2.71. The van der Waals surface area contributed by atoms with E-state index in [1.54, 1.807) is 32.0 Å². The molecule has 30 heavy (non-hydrogen) atoms. The van der Waals surface area contributed by atoms with Crippen LogP contribution >= 0.6 is 0 Å². The van der Waals surface area contributed by atoms with Crippen molar-refractivity contribution in [1.29, 1.82) is 0 Å². The third-order valence-corrected chi connectivity index (χ3v) is 5.29. The second kappa shape index (κ2) is 9.80. The van der Waals surface area contributed by atoms with E-state index < -0.39 is 35.3 Å². The summed E-state index contributed by atoms with van der Waals surface area (Å²) in [4.78, 5) is 25.8. The van der Waals surface area contributed by atoms with Crippen LogP contribution in [0.5, 0.6) is 11.5 Å². The zero-order chi connectivity index (χ0) is 22.5. The van der Waals surface area contributed by atoms with Crippen LogP contribution in [-0.4, -0.2) is 61.0 Å². The Kier molecular flexibility index (Phi) is 7.66. The molecule has 0 saturated heterocycles. The maximum atomic E-state index is 12.9. The molecule has 1 aliphatic carbocycles. The molecule has 1 aromatic carbocycles. The Labute approximate surface area is 175 Å². The maximum absolute atomic E-state index is 12.9. The van der Waals surface area contributed by atoms with E-state index in [0.29, 0.717) is 17.1 Å². The molecule has 2 rings (SSSR count). The van der Waals surface area contributed by atoms with Crippen molar-refractivity contribution in [3.63, 3.8) is 0 Å². The third-order valence-electron chi connectivity index (χ3n) is 5.29. The van der Waals surface area contributed by atoms with Crippen LogP contribution in [0.2, 0.25) is 0 Å². The summed E-state index contributed by atoms with van der Waals surface area (Å²) in [5.74, 6) is -3.60. The molecule has 9 nitrogen and oxygen atoms in total.